The summed E-state index contributed by atoms with van der Waals surface area (Å²) in [4.78, 5) is 0. The van der Waals surface area contributed by atoms with Crippen LogP contribution < -0.4 is 5.73 Å². The van der Waals surface area contributed by atoms with Crippen LogP contribution in [0.4, 0.5) is 0 Å². The van der Waals surface area contributed by atoms with Crippen LogP contribution in [0, 0.1) is 5.92 Å². The second kappa shape index (κ2) is 4.72. The third-order valence-electron chi connectivity index (χ3n) is 2.98. The zero-order valence-electron chi connectivity index (χ0n) is 9.09. The predicted molar refractivity (Wildman–Crippen MR) is 56.3 cm³/mol. The molecule has 1 aromatic rings. The highest BCUT2D eigenvalue weighted by Gasteiger charge is 2.27. The van der Waals surface area contributed by atoms with E-state index in [1.54, 1.807) is 13.4 Å². The molecule has 1 saturated carbocycles. The monoisotopic (exact) mass is 210 g/mol. The van der Waals surface area contributed by atoms with Gasteiger partial charge in [0.1, 0.15) is 12.2 Å². The van der Waals surface area contributed by atoms with Crippen LogP contribution in [0.25, 0.3) is 0 Å². The number of nitrogens with two attached hydrogens (primary N) is 1. The SMILES string of the molecule is COCCn1cnnc1CC1CC(N)C1. The van der Waals surface area contributed by atoms with Crippen molar-refractivity contribution in [3.63, 3.8) is 0 Å². The smallest absolute Gasteiger partial charge is 0.133 e. The molecule has 0 radical (unpaired) electrons. The van der Waals surface area contributed by atoms with E-state index in [-0.39, 0.29) is 0 Å². The fourth-order valence-electron chi connectivity index (χ4n) is 2.03. The molecule has 1 fully saturated rings. The predicted octanol–water partition coefficient (Wildman–Crippen LogP) is 0.204. The third kappa shape index (κ3) is 2.54. The Morgan fingerprint density at radius 1 is 1.60 bits per heavy atom. The van der Waals surface area contributed by atoms with Gasteiger partial charge in [0, 0.05) is 26.1 Å². The lowest BCUT2D eigenvalue weighted by atomic mass is 9.79. The van der Waals surface area contributed by atoms with Gasteiger partial charge in [-0.25, -0.2) is 0 Å². The van der Waals surface area contributed by atoms with Crippen molar-refractivity contribution in [3.8, 4) is 0 Å². The molecule has 1 heterocycles. The number of hydrogen-bond donors (Lipinski definition) is 1. The van der Waals surface area contributed by atoms with Crippen LogP contribution in [-0.4, -0.2) is 34.5 Å². The topological polar surface area (TPSA) is 66.0 Å². The lowest BCUT2D eigenvalue weighted by molar-refractivity contribution is 0.184. The van der Waals surface area contributed by atoms with Crippen molar-refractivity contribution in [1.29, 1.82) is 0 Å². The second-order valence-electron chi connectivity index (χ2n) is 4.23. The molecule has 0 atom stereocenters. The van der Waals surface area contributed by atoms with Crippen LogP contribution in [-0.2, 0) is 17.7 Å². The molecule has 0 aliphatic heterocycles. The maximum absolute atomic E-state index is 5.75. The standard InChI is InChI=1S/C10H18N4O/c1-15-3-2-14-7-12-13-10(14)6-8-4-9(11)5-8/h7-9H,2-6,11H2,1H3. The minimum atomic E-state index is 0.408. The second-order valence-corrected chi connectivity index (χ2v) is 4.23. The van der Waals surface area contributed by atoms with Crippen molar-refractivity contribution in [3.05, 3.63) is 12.2 Å². The van der Waals surface area contributed by atoms with Crippen molar-refractivity contribution in [2.75, 3.05) is 13.7 Å². The Hall–Kier alpha value is -0.940. The van der Waals surface area contributed by atoms with Crippen LogP contribution >= 0.6 is 0 Å². The Morgan fingerprint density at radius 3 is 3.07 bits per heavy atom. The van der Waals surface area contributed by atoms with Gasteiger partial charge in [0.05, 0.1) is 6.61 Å². The van der Waals surface area contributed by atoms with Gasteiger partial charge < -0.3 is 15.0 Å². The first-order chi connectivity index (χ1) is 7.29. The summed E-state index contributed by atoms with van der Waals surface area (Å²) >= 11 is 0. The van der Waals surface area contributed by atoms with Crippen molar-refractivity contribution in [2.45, 2.75) is 31.8 Å². The van der Waals surface area contributed by atoms with Gasteiger partial charge >= 0.3 is 0 Å². The first kappa shape index (κ1) is 10.6. The lowest BCUT2D eigenvalue weighted by Gasteiger charge is -2.32. The van der Waals surface area contributed by atoms with Gasteiger partial charge in [0.25, 0.3) is 0 Å². The number of rotatable bonds is 5. The molecule has 1 aliphatic carbocycles. The zero-order valence-corrected chi connectivity index (χ0v) is 9.09. The van der Waals surface area contributed by atoms with Gasteiger partial charge in [-0.15, -0.1) is 10.2 Å². The van der Waals surface area contributed by atoms with Crippen molar-refractivity contribution >= 4 is 0 Å². The highest BCUT2D eigenvalue weighted by atomic mass is 16.5. The molecule has 1 aliphatic rings. The third-order valence-corrected chi connectivity index (χ3v) is 2.98. The molecule has 84 valence electrons. The van der Waals surface area contributed by atoms with Gasteiger partial charge in [0.15, 0.2) is 0 Å². The summed E-state index contributed by atoms with van der Waals surface area (Å²) in [7, 11) is 1.70. The summed E-state index contributed by atoms with van der Waals surface area (Å²) in [5.74, 6) is 1.76. The molecule has 0 saturated heterocycles. The van der Waals surface area contributed by atoms with Crippen LogP contribution in [0.15, 0.2) is 6.33 Å². The quantitative estimate of drug-likeness (QED) is 0.754. The van der Waals surface area contributed by atoms with Crippen LogP contribution in [0.1, 0.15) is 18.7 Å². The molecule has 0 bridgehead atoms. The number of methoxy groups -OCH3 is 1. The molecule has 5 heteroatoms. The van der Waals surface area contributed by atoms with E-state index in [0.717, 1.165) is 31.6 Å². The molecule has 15 heavy (non-hydrogen) atoms. The molecule has 0 aromatic carbocycles. The molecule has 2 N–H and O–H groups in total. The van der Waals surface area contributed by atoms with Crippen LogP contribution in [0.5, 0.6) is 0 Å². The minimum absolute atomic E-state index is 0.408. The van der Waals surface area contributed by atoms with Gasteiger partial charge in [-0.1, -0.05) is 0 Å². The van der Waals surface area contributed by atoms with E-state index in [4.69, 9.17) is 10.5 Å². The first-order valence-corrected chi connectivity index (χ1v) is 5.40. The molecule has 0 spiro atoms. The number of ether oxygens (including phenoxy) is 1. The summed E-state index contributed by atoms with van der Waals surface area (Å²) in [5.41, 5.74) is 5.75. The van der Waals surface area contributed by atoms with Gasteiger partial charge in [-0.05, 0) is 18.8 Å². The van der Waals surface area contributed by atoms with Gasteiger partial charge in [-0.2, -0.15) is 0 Å². The molecule has 1 aromatic heterocycles. The largest absolute Gasteiger partial charge is 0.383 e. The zero-order chi connectivity index (χ0) is 10.7. The average Bonchev–Trinajstić information content (AvgIpc) is 2.60. The van der Waals surface area contributed by atoms with Gasteiger partial charge in [0.2, 0.25) is 0 Å². The van der Waals surface area contributed by atoms with E-state index in [0.29, 0.717) is 18.6 Å². The van der Waals surface area contributed by atoms with Crippen LogP contribution in [0.2, 0.25) is 0 Å². The number of nitrogens with zero attached hydrogens (tertiary/aromatic N) is 3. The van der Waals surface area contributed by atoms with E-state index >= 15 is 0 Å². The summed E-state index contributed by atoms with van der Waals surface area (Å²) < 4.78 is 7.10. The number of aromatic nitrogens is 3. The van der Waals surface area contributed by atoms with Gasteiger partial charge in [-0.3, -0.25) is 0 Å². The van der Waals surface area contributed by atoms with Crippen molar-refractivity contribution in [2.24, 2.45) is 11.7 Å². The highest BCUT2D eigenvalue weighted by Crippen LogP contribution is 2.28. The van der Waals surface area contributed by atoms with E-state index in [1.807, 2.05) is 0 Å². The van der Waals surface area contributed by atoms with E-state index < -0.39 is 0 Å². The number of hydrogen-bond acceptors (Lipinski definition) is 4. The molecule has 0 unspecified atom stereocenters. The highest BCUT2D eigenvalue weighted by molar-refractivity contribution is 4.94. The Balaban J connectivity index is 1.87. The first-order valence-electron chi connectivity index (χ1n) is 5.40. The molecule has 2 rings (SSSR count). The van der Waals surface area contributed by atoms with Crippen molar-refractivity contribution < 1.29 is 4.74 Å². The molecule has 0 amide bonds. The maximum Gasteiger partial charge on any atom is 0.133 e. The van der Waals surface area contributed by atoms with E-state index in [9.17, 15) is 0 Å². The Kier molecular flexibility index (Phi) is 3.33. The Bertz CT molecular complexity index is 306. The molecule has 5 nitrogen and oxygen atoms in total. The summed E-state index contributed by atoms with van der Waals surface area (Å²) in [6.07, 6.45) is 5.01. The fraction of sp³-hybridized carbons (Fsp3) is 0.800. The Labute approximate surface area is 89.6 Å². The normalized spacial score (nSPS) is 25.2. The maximum atomic E-state index is 5.75. The fourth-order valence-corrected chi connectivity index (χ4v) is 2.03. The summed E-state index contributed by atoms with van der Waals surface area (Å²) in [6, 6.07) is 0.408. The lowest BCUT2D eigenvalue weighted by Crippen LogP contribution is -2.37. The minimum Gasteiger partial charge on any atom is -0.383 e. The average molecular weight is 210 g/mol. The van der Waals surface area contributed by atoms with Crippen molar-refractivity contribution in [1.82, 2.24) is 14.8 Å². The summed E-state index contributed by atoms with van der Waals surface area (Å²) in [6.45, 7) is 1.53. The van der Waals surface area contributed by atoms with E-state index in [1.165, 1.54) is 0 Å². The summed E-state index contributed by atoms with van der Waals surface area (Å²) in [5, 5.41) is 8.06. The van der Waals surface area contributed by atoms with Crippen LogP contribution in [0.3, 0.4) is 0 Å². The molecular formula is C10H18N4O. The van der Waals surface area contributed by atoms with E-state index in [2.05, 4.69) is 14.8 Å². The Morgan fingerprint density at radius 2 is 2.40 bits per heavy atom. The molecular weight excluding hydrogens is 192 g/mol.